The second-order valence-corrected chi connectivity index (χ2v) is 12.2. The smallest absolute Gasteiger partial charge is 0.326 e. The molecule has 0 saturated carbocycles. The minimum atomic E-state index is -3.92. The third-order valence-corrected chi connectivity index (χ3v) is 9.11. The second kappa shape index (κ2) is 10.1. The van der Waals surface area contributed by atoms with Crippen molar-refractivity contribution < 1.29 is 21.6 Å². The molecular weight excluding hydrogens is 589 g/mol. The van der Waals surface area contributed by atoms with Crippen LogP contribution in [0.15, 0.2) is 70.0 Å². The molecule has 16 heteroatoms. The summed E-state index contributed by atoms with van der Waals surface area (Å²) in [6.45, 7) is -2.68. The summed E-state index contributed by atoms with van der Waals surface area (Å²) in [5.41, 5.74) is 1.72. The van der Waals surface area contributed by atoms with E-state index in [0.717, 1.165) is 12.3 Å². The number of alkyl halides is 2. The maximum Gasteiger partial charge on any atom is 0.333 e. The molecule has 0 bridgehead atoms. The Morgan fingerprint density at radius 3 is 2.73 bits per heavy atom. The number of rotatable bonds is 7. The third-order valence-electron chi connectivity index (χ3n) is 6.54. The van der Waals surface area contributed by atoms with Crippen LogP contribution in [0.5, 0.6) is 0 Å². The van der Waals surface area contributed by atoms with Gasteiger partial charge in [0, 0.05) is 71.9 Å². The van der Waals surface area contributed by atoms with Crippen LogP contribution in [0.1, 0.15) is 35.3 Å². The minimum absolute atomic E-state index is 0.00883. The van der Waals surface area contributed by atoms with Crippen LogP contribution in [-0.4, -0.2) is 56.3 Å². The maximum atomic E-state index is 14.0. The fourth-order valence-corrected chi connectivity index (χ4v) is 6.98. The normalized spacial score (nSPS) is 19.4. The molecule has 0 spiro atoms. The minimum Gasteiger partial charge on any atom is -0.326 e. The lowest BCUT2D eigenvalue weighted by atomic mass is 9.92. The lowest BCUT2D eigenvalue weighted by Crippen LogP contribution is -2.39. The Bertz CT molecular complexity index is 1750. The highest BCUT2D eigenvalue weighted by Gasteiger charge is 2.42. The van der Waals surface area contributed by atoms with Gasteiger partial charge in [0.25, 0.3) is 0 Å². The van der Waals surface area contributed by atoms with Gasteiger partial charge in [-0.2, -0.15) is 19.0 Å². The number of hydrogen-bond acceptors (Lipinski definition) is 8. The van der Waals surface area contributed by atoms with E-state index in [1.54, 1.807) is 18.6 Å². The van der Waals surface area contributed by atoms with Crippen molar-refractivity contribution >= 4 is 44.4 Å². The van der Waals surface area contributed by atoms with Crippen LogP contribution < -0.4 is 4.72 Å². The van der Waals surface area contributed by atoms with Crippen molar-refractivity contribution in [2.75, 3.05) is 6.54 Å². The molecule has 1 aromatic carbocycles. The number of sulfonamides is 1. The van der Waals surface area contributed by atoms with E-state index in [-0.39, 0.29) is 28.6 Å². The summed E-state index contributed by atoms with van der Waals surface area (Å²) >= 11 is 7.80. The van der Waals surface area contributed by atoms with Gasteiger partial charge in [0.1, 0.15) is 16.8 Å². The highest BCUT2D eigenvalue weighted by Crippen LogP contribution is 2.46. The van der Waals surface area contributed by atoms with Crippen molar-refractivity contribution in [1.82, 2.24) is 34.2 Å². The van der Waals surface area contributed by atoms with Gasteiger partial charge in [-0.25, -0.2) is 27.2 Å². The van der Waals surface area contributed by atoms with Gasteiger partial charge in [0.05, 0.1) is 11.9 Å². The molecule has 6 rings (SSSR count). The molecule has 3 aromatic heterocycles. The fraction of sp³-hybridized carbons (Fsp3) is 0.250. The molecular formula is C24H20ClF3N8O2S2. The summed E-state index contributed by atoms with van der Waals surface area (Å²) in [4.78, 5) is 11.2. The number of amidine groups is 1. The maximum absolute atomic E-state index is 14.0. The summed E-state index contributed by atoms with van der Waals surface area (Å²) in [6.07, 6.45) is 5.60. The summed E-state index contributed by atoms with van der Waals surface area (Å²) in [7, 11) is -2.31. The van der Waals surface area contributed by atoms with Crippen LogP contribution in [0, 0.1) is 5.82 Å². The number of aliphatic imine (C=N–C) groups is 1. The first-order valence-corrected chi connectivity index (χ1v) is 14.6. The quantitative estimate of drug-likeness (QED) is 0.336. The molecule has 1 saturated heterocycles. The van der Waals surface area contributed by atoms with E-state index in [9.17, 15) is 21.6 Å². The number of thiazole rings is 1. The molecule has 1 fully saturated rings. The molecule has 2 aliphatic rings. The van der Waals surface area contributed by atoms with E-state index in [1.807, 2.05) is 4.90 Å². The van der Waals surface area contributed by atoms with Gasteiger partial charge in [0.2, 0.25) is 10.0 Å². The summed E-state index contributed by atoms with van der Waals surface area (Å²) < 4.78 is 71.8. The molecule has 0 radical (unpaired) electrons. The van der Waals surface area contributed by atoms with Gasteiger partial charge < -0.3 is 4.90 Å². The standard InChI is InChI=1S/C24H20ClF3N8O2S2/c1-34-12-15(10-30-34)40(37,38)33-14-9-19-20(18-4-6-36(32-18)24(27)28)21(16-3-2-13(26)8-17(16)25)31-22(35(19)11-14)23-29-5-7-39-23/h2-8,10,12,14,21,24,33H,9,11H2,1H3/t14-,21-/m0/s1. The third kappa shape index (κ3) is 4.82. The van der Waals surface area contributed by atoms with Gasteiger partial charge in [0.15, 0.2) is 10.8 Å². The number of aryl methyl sites for hydroxylation is 1. The molecule has 1 N–H and O–H groups in total. The van der Waals surface area contributed by atoms with E-state index >= 15 is 0 Å². The van der Waals surface area contributed by atoms with E-state index in [4.69, 9.17) is 16.6 Å². The summed E-state index contributed by atoms with van der Waals surface area (Å²) in [5, 5.41) is 10.5. The molecule has 40 heavy (non-hydrogen) atoms. The van der Waals surface area contributed by atoms with Crippen molar-refractivity contribution in [3.05, 3.63) is 87.2 Å². The van der Waals surface area contributed by atoms with Crippen molar-refractivity contribution in [1.29, 1.82) is 0 Å². The molecule has 4 aromatic rings. The number of nitrogens with zero attached hydrogens (tertiary/aromatic N) is 7. The van der Waals surface area contributed by atoms with Gasteiger partial charge in [-0.15, -0.1) is 11.3 Å². The molecule has 0 aliphatic carbocycles. The molecule has 208 valence electrons. The predicted octanol–water partition coefficient (Wildman–Crippen LogP) is 4.23. The Kier molecular flexibility index (Phi) is 6.76. The van der Waals surface area contributed by atoms with Crippen LogP contribution in [0.2, 0.25) is 5.02 Å². The zero-order valence-electron chi connectivity index (χ0n) is 20.6. The van der Waals surface area contributed by atoms with Gasteiger partial charge in [-0.3, -0.25) is 9.67 Å². The van der Waals surface area contributed by atoms with Gasteiger partial charge >= 0.3 is 6.55 Å². The average Bonchev–Trinajstić information content (AvgIpc) is 3.69. The van der Waals surface area contributed by atoms with Crippen molar-refractivity contribution in [3.8, 4) is 0 Å². The largest absolute Gasteiger partial charge is 0.333 e. The van der Waals surface area contributed by atoms with Crippen LogP contribution in [0.25, 0.3) is 5.57 Å². The Balaban J connectivity index is 1.50. The second-order valence-electron chi connectivity index (χ2n) is 9.16. The molecule has 0 amide bonds. The van der Waals surface area contributed by atoms with Crippen molar-refractivity contribution in [2.45, 2.75) is 29.9 Å². The first-order valence-electron chi connectivity index (χ1n) is 11.9. The van der Waals surface area contributed by atoms with Gasteiger partial charge in [-0.05, 0) is 18.2 Å². The number of halogens is 4. The number of nitrogens with one attached hydrogen (secondary N) is 1. The first-order chi connectivity index (χ1) is 19.1. The fourth-order valence-electron chi connectivity index (χ4n) is 4.86. The first kappa shape index (κ1) is 26.7. The van der Waals surface area contributed by atoms with E-state index in [2.05, 4.69) is 19.9 Å². The topological polar surface area (TPSA) is 110 Å². The Hall–Kier alpha value is -3.53. The Labute approximate surface area is 235 Å². The zero-order chi connectivity index (χ0) is 28.2. The molecule has 2 aliphatic heterocycles. The SMILES string of the molecule is Cn1cc(S(=O)(=O)N[C@H]2CC3=C(c4ccn(C(F)F)n4)[C@H](c4ccc(F)cc4Cl)N=C(c4nccs4)N3C2)cn1. The van der Waals surface area contributed by atoms with Crippen LogP contribution in [0.3, 0.4) is 0 Å². The molecule has 10 nitrogen and oxygen atoms in total. The van der Waals surface area contributed by atoms with E-state index in [1.165, 1.54) is 46.6 Å². The summed E-state index contributed by atoms with van der Waals surface area (Å²) in [5.74, 6) is -0.0901. The highest BCUT2D eigenvalue weighted by atomic mass is 35.5. The van der Waals surface area contributed by atoms with Crippen LogP contribution in [-0.2, 0) is 17.1 Å². The number of fused-ring (bicyclic) bond motifs is 1. The zero-order valence-corrected chi connectivity index (χ0v) is 23.0. The van der Waals surface area contributed by atoms with E-state index < -0.39 is 34.5 Å². The van der Waals surface area contributed by atoms with E-state index in [0.29, 0.717) is 32.4 Å². The lowest BCUT2D eigenvalue weighted by molar-refractivity contribution is 0.0564. The Morgan fingerprint density at radius 1 is 1.25 bits per heavy atom. The average molecular weight is 609 g/mol. The molecule has 2 atom stereocenters. The van der Waals surface area contributed by atoms with Crippen molar-refractivity contribution in [2.24, 2.45) is 12.0 Å². The Morgan fingerprint density at radius 2 is 2.08 bits per heavy atom. The van der Waals surface area contributed by atoms with Crippen LogP contribution >= 0.6 is 22.9 Å². The number of aromatic nitrogens is 5. The number of hydrogen-bond donors (Lipinski definition) is 1. The highest BCUT2D eigenvalue weighted by molar-refractivity contribution is 7.89. The number of benzene rings is 1. The van der Waals surface area contributed by atoms with Gasteiger partial charge in [-0.1, -0.05) is 17.7 Å². The monoisotopic (exact) mass is 608 g/mol. The van der Waals surface area contributed by atoms with Crippen molar-refractivity contribution in [3.63, 3.8) is 0 Å². The molecule has 0 unspecified atom stereocenters. The van der Waals surface area contributed by atoms with Crippen LogP contribution in [0.4, 0.5) is 13.2 Å². The lowest BCUT2D eigenvalue weighted by Gasteiger charge is -2.32. The predicted molar refractivity (Wildman–Crippen MR) is 142 cm³/mol. The molecule has 5 heterocycles. The summed E-state index contributed by atoms with van der Waals surface area (Å²) in [6, 6.07) is 3.86.